The van der Waals surface area contributed by atoms with Crippen LogP contribution >= 0.6 is 11.3 Å². The van der Waals surface area contributed by atoms with E-state index in [1.165, 1.54) is 4.88 Å². The van der Waals surface area contributed by atoms with E-state index in [2.05, 4.69) is 4.98 Å². The number of nitrogens with zero attached hydrogens (tertiary/aromatic N) is 1. The molecule has 0 spiro atoms. The van der Waals surface area contributed by atoms with Gasteiger partial charge < -0.3 is 14.9 Å². The molecule has 0 amide bonds. The molecule has 1 fully saturated rings. The van der Waals surface area contributed by atoms with Gasteiger partial charge in [0.25, 0.3) is 0 Å². The van der Waals surface area contributed by atoms with Gasteiger partial charge in [-0.1, -0.05) is 0 Å². The van der Waals surface area contributed by atoms with Gasteiger partial charge in [0, 0.05) is 11.3 Å². The highest BCUT2D eigenvalue weighted by Crippen LogP contribution is 2.32. The molecule has 1 aliphatic rings. The van der Waals surface area contributed by atoms with Crippen LogP contribution in [-0.2, 0) is 16.0 Å². The maximum absolute atomic E-state index is 10.9. The van der Waals surface area contributed by atoms with Crippen molar-refractivity contribution >= 4 is 17.3 Å². The van der Waals surface area contributed by atoms with Gasteiger partial charge in [-0.15, -0.1) is 11.3 Å². The molecular weight excluding hydrogens is 278 g/mol. The van der Waals surface area contributed by atoms with Gasteiger partial charge >= 0.3 is 5.97 Å². The monoisotopic (exact) mass is 299 g/mol. The second-order valence-corrected chi connectivity index (χ2v) is 6.44. The first kappa shape index (κ1) is 15.4. The van der Waals surface area contributed by atoms with Gasteiger partial charge in [-0.05, 0) is 32.6 Å². The van der Waals surface area contributed by atoms with Crippen LogP contribution in [0.3, 0.4) is 0 Å². The number of aryl methyl sites for hydroxylation is 1. The average molecular weight is 299 g/mol. The SMILES string of the molecule is Cc1ncsc1CCOCC1(O)CCC(C(=O)O)CC1. The van der Waals surface area contributed by atoms with Crippen LogP contribution in [0.25, 0.3) is 0 Å². The van der Waals surface area contributed by atoms with E-state index in [0.29, 0.717) is 32.3 Å². The van der Waals surface area contributed by atoms with Crippen molar-refractivity contribution in [1.29, 1.82) is 0 Å². The summed E-state index contributed by atoms with van der Waals surface area (Å²) in [5, 5.41) is 19.3. The number of carboxylic acid groups (broad SMARTS) is 1. The number of hydrogen-bond acceptors (Lipinski definition) is 5. The van der Waals surface area contributed by atoms with E-state index < -0.39 is 11.6 Å². The highest BCUT2D eigenvalue weighted by atomic mass is 32.1. The lowest BCUT2D eigenvalue weighted by Gasteiger charge is -2.34. The van der Waals surface area contributed by atoms with Crippen LogP contribution in [0.1, 0.15) is 36.3 Å². The number of thiazole rings is 1. The molecule has 1 aromatic heterocycles. The van der Waals surface area contributed by atoms with E-state index in [4.69, 9.17) is 9.84 Å². The van der Waals surface area contributed by atoms with Crippen LogP contribution in [0.2, 0.25) is 0 Å². The van der Waals surface area contributed by atoms with E-state index >= 15 is 0 Å². The second-order valence-electron chi connectivity index (χ2n) is 5.50. The third-order valence-corrected chi connectivity index (χ3v) is 4.95. The van der Waals surface area contributed by atoms with Gasteiger partial charge in [-0.2, -0.15) is 0 Å². The summed E-state index contributed by atoms with van der Waals surface area (Å²) in [7, 11) is 0. The first-order chi connectivity index (χ1) is 9.50. The lowest BCUT2D eigenvalue weighted by atomic mass is 9.79. The molecular formula is C14H21NO4S. The number of hydrogen-bond donors (Lipinski definition) is 2. The molecule has 0 atom stereocenters. The Hall–Kier alpha value is -0.980. The van der Waals surface area contributed by atoms with Crippen molar-refractivity contribution in [2.45, 2.75) is 44.6 Å². The summed E-state index contributed by atoms with van der Waals surface area (Å²) in [6.07, 6.45) is 2.88. The summed E-state index contributed by atoms with van der Waals surface area (Å²) in [5.74, 6) is -1.07. The Morgan fingerprint density at radius 1 is 1.55 bits per heavy atom. The highest BCUT2D eigenvalue weighted by Gasteiger charge is 2.35. The van der Waals surface area contributed by atoms with Crippen molar-refractivity contribution in [3.63, 3.8) is 0 Å². The Balaban J connectivity index is 1.69. The minimum absolute atomic E-state index is 0.289. The first-order valence-corrected chi connectivity index (χ1v) is 7.80. The number of carbonyl (C=O) groups is 1. The summed E-state index contributed by atoms with van der Waals surface area (Å²) < 4.78 is 5.58. The fraction of sp³-hybridized carbons (Fsp3) is 0.714. The molecule has 0 radical (unpaired) electrons. The standard InChI is InChI=1S/C14H21NO4S/c1-10-12(20-9-15-10)4-7-19-8-14(18)5-2-11(3-6-14)13(16)17/h9,11,18H,2-8H2,1H3,(H,16,17). The van der Waals surface area contributed by atoms with Gasteiger partial charge in [-0.25, -0.2) is 4.98 Å². The van der Waals surface area contributed by atoms with E-state index in [9.17, 15) is 9.90 Å². The minimum Gasteiger partial charge on any atom is -0.481 e. The molecule has 20 heavy (non-hydrogen) atoms. The molecule has 6 heteroatoms. The normalized spacial score (nSPS) is 26.6. The summed E-state index contributed by atoms with van der Waals surface area (Å²) in [5.41, 5.74) is 2.01. The number of aromatic nitrogens is 1. The van der Waals surface area contributed by atoms with Crippen LogP contribution in [-0.4, -0.2) is 40.0 Å². The summed E-state index contributed by atoms with van der Waals surface area (Å²) in [6.45, 7) is 2.83. The van der Waals surface area contributed by atoms with Crippen molar-refractivity contribution in [3.05, 3.63) is 16.1 Å². The molecule has 2 rings (SSSR count). The zero-order chi connectivity index (χ0) is 14.6. The largest absolute Gasteiger partial charge is 0.481 e. The molecule has 0 aliphatic heterocycles. The Labute approximate surface area is 122 Å². The van der Waals surface area contributed by atoms with Gasteiger partial charge in [0.05, 0.1) is 35.9 Å². The van der Waals surface area contributed by atoms with Crippen LogP contribution in [0.5, 0.6) is 0 Å². The second kappa shape index (κ2) is 6.65. The van der Waals surface area contributed by atoms with Crippen molar-refractivity contribution < 1.29 is 19.7 Å². The molecule has 1 aliphatic carbocycles. The van der Waals surface area contributed by atoms with E-state index in [0.717, 1.165) is 12.1 Å². The molecule has 1 saturated carbocycles. The quantitative estimate of drug-likeness (QED) is 0.786. The third kappa shape index (κ3) is 4.01. The summed E-state index contributed by atoms with van der Waals surface area (Å²) in [6, 6.07) is 0. The molecule has 2 N–H and O–H groups in total. The Morgan fingerprint density at radius 2 is 2.25 bits per heavy atom. The fourth-order valence-corrected chi connectivity index (χ4v) is 3.30. The molecule has 0 saturated heterocycles. The predicted molar refractivity (Wildman–Crippen MR) is 75.9 cm³/mol. The minimum atomic E-state index is -0.852. The number of aliphatic carboxylic acids is 1. The Bertz CT molecular complexity index is 452. The first-order valence-electron chi connectivity index (χ1n) is 6.92. The topological polar surface area (TPSA) is 79.7 Å². The van der Waals surface area contributed by atoms with Crippen molar-refractivity contribution in [1.82, 2.24) is 4.98 Å². The molecule has 0 aromatic carbocycles. The lowest BCUT2D eigenvalue weighted by molar-refractivity contribution is -0.146. The molecule has 1 aromatic rings. The Kier molecular flexibility index (Phi) is 5.12. The zero-order valence-electron chi connectivity index (χ0n) is 11.7. The summed E-state index contributed by atoms with van der Waals surface area (Å²) in [4.78, 5) is 16.3. The third-order valence-electron chi connectivity index (χ3n) is 3.95. The molecule has 5 nitrogen and oxygen atoms in total. The smallest absolute Gasteiger partial charge is 0.306 e. The van der Waals surface area contributed by atoms with Crippen molar-refractivity contribution in [3.8, 4) is 0 Å². The van der Waals surface area contributed by atoms with Crippen LogP contribution in [0, 0.1) is 12.8 Å². The van der Waals surface area contributed by atoms with Crippen LogP contribution < -0.4 is 0 Å². The van der Waals surface area contributed by atoms with Crippen molar-refractivity contribution in [2.24, 2.45) is 5.92 Å². The van der Waals surface area contributed by atoms with E-state index in [-0.39, 0.29) is 12.5 Å². The van der Waals surface area contributed by atoms with Gasteiger partial charge in [0.2, 0.25) is 0 Å². The molecule has 112 valence electrons. The maximum Gasteiger partial charge on any atom is 0.306 e. The molecule has 0 unspecified atom stereocenters. The lowest BCUT2D eigenvalue weighted by Crippen LogP contribution is -2.40. The highest BCUT2D eigenvalue weighted by molar-refractivity contribution is 7.09. The summed E-state index contributed by atoms with van der Waals surface area (Å²) >= 11 is 1.62. The predicted octanol–water partition coefficient (Wildman–Crippen LogP) is 2.02. The number of ether oxygens (including phenoxy) is 1. The number of carboxylic acids is 1. The maximum atomic E-state index is 10.9. The zero-order valence-corrected chi connectivity index (χ0v) is 12.5. The van der Waals surface area contributed by atoms with Crippen LogP contribution in [0.15, 0.2) is 5.51 Å². The van der Waals surface area contributed by atoms with Crippen LogP contribution in [0.4, 0.5) is 0 Å². The number of rotatable bonds is 6. The molecule has 1 heterocycles. The average Bonchev–Trinajstić information content (AvgIpc) is 2.81. The Morgan fingerprint density at radius 3 is 2.80 bits per heavy atom. The number of aliphatic hydroxyl groups is 1. The fourth-order valence-electron chi connectivity index (χ4n) is 2.54. The van der Waals surface area contributed by atoms with Gasteiger partial charge in [0.15, 0.2) is 0 Å². The van der Waals surface area contributed by atoms with Gasteiger partial charge in [0.1, 0.15) is 0 Å². The van der Waals surface area contributed by atoms with E-state index in [1.54, 1.807) is 11.3 Å². The molecule has 0 bridgehead atoms. The van der Waals surface area contributed by atoms with Crippen molar-refractivity contribution in [2.75, 3.05) is 13.2 Å². The van der Waals surface area contributed by atoms with Gasteiger partial charge in [-0.3, -0.25) is 4.79 Å². The van der Waals surface area contributed by atoms with E-state index in [1.807, 2.05) is 12.4 Å².